The molecule has 1 aromatic heterocycles. The van der Waals surface area contributed by atoms with Gasteiger partial charge in [-0.3, -0.25) is 9.80 Å². The molecule has 5 heteroatoms. The fourth-order valence-corrected chi connectivity index (χ4v) is 3.55. The first-order valence-corrected chi connectivity index (χ1v) is 7.64. The fourth-order valence-electron chi connectivity index (χ4n) is 3.55. The monoisotopic (exact) mass is 288 g/mol. The molecule has 2 aliphatic rings. The SMILES string of the molecule is Cc1c(CN2C[C@@H]3COC[C@H](C2)N(C)C3)cc(C#N)n1C. The Balaban J connectivity index is 1.78. The fraction of sp³-hybridized carbons (Fsp3) is 0.688. The first-order valence-electron chi connectivity index (χ1n) is 7.64. The molecule has 0 aromatic carbocycles. The third-order valence-electron chi connectivity index (χ3n) is 4.97. The molecule has 0 spiro atoms. The summed E-state index contributed by atoms with van der Waals surface area (Å²) in [5, 5.41) is 9.17. The van der Waals surface area contributed by atoms with Gasteiger partial charge >= 0.3 is 0 Å². The van der Waals surface area contributed by atoms with Gasteiger partial charge in [0.1, 0.15) is 11.8 Å². The van der Waals surface area contributed by atoms with Crippen LogP contribution in [0.5, 0.6) is 0 Å². The Bertz CT molecular complexity index is 559. The van der Waals surface area contributed by atoms with Gasteiger partial charge in [-0.1, -0.05) is 0 Å². The summed E-state index contributed by atoms with van der Waals surface area (Å²) >= 11 is 0. The van der Waals surface area contributed by atoms with Crippen molar-refractivity contribution in [3.63, 3.8) is 0 Å². The maximum absolute atomic E-state index is 9.17. The van der Waals surface area contributed by atoms with Gasteiger partial charge in [-0.05, 0) is 25.6 Å². The van der Waals surface area contributed by atoms with Crippen LogP contribution in [-0.4, -0.2) is 60.3 Å². The van der Waals surface area contributed by atoms with Crippen molar-refractivity contribution < 1.29 is 4.74 Å². The molecule has 2 fully saturated rings. The first kappa shape index (κ1) is 14.6. The average Bonchev–Trinajstić information content (AvgIpc) is 2.58. The number of hydrogen-bond donors (Lipinski definition) is 0. The van der Waals surface area contributed by atoms with Gasteiger partial charge in [-0.2, -0.15) is 5.26 Å². The number of hydrogen-bond acceptors (Lipinski definition) is 4. The normalized spacial score (nSPS) is 27.3. The molecule has 3 heterocycles. The average molecular weight is 288 g/mol. The highest BCUT2D eigenvalue weighted by molar-refractivity contribution is 5.34. The zero-order valence-corrected chi connectivity index (χ0v) is 13.2. The van der Waals surface area contributed by atoms with Crippen molar-refractivity contribution in [2.75, 3.05) is 39.9 Å². The van der Waals surface area contributed by atoms with Crippen LogP contribution in [0.25, 0.3) is 0 Å². The van der Waals surface area contributed by atoms with Crippen molar-refractivity contribution in [2.45, 2.75) is 19.5 Å². The van der Waals surface area contributed by atoms with Gasteiger partial charge < -0.3 is 9.30 Å². The van der Waals surface area contributed by atoms with E-state index in [1.807, 2.05) is 17.7 Å². The standard InChI is InChI=1S/C16H24N4O/c1-12-14(4-15(5-17)19(12)3)8-20-7-13-6-18(2)16(9-20)11-21-10-13/h4,13,16H,6-11H2,1-3H3/t13-,16+/m1/s1. The van der Waals surface area contributed by atoms with Crippen LogP contribution >= 0.6 is 0 Å². The van der Waals surface area contributed by atoms with E-state index in [0.29, 0.717) is 12.0 Å². The highest BCUT2D eigenvalue weighted by Gasteiger charge is 2.31. The van der Waals surface area contributed by atoms with Gasteiger partial charge in [-0.25, -0.2) is 0 Å². The molecule has 114 valence electrons. The molecule has 0 N–H and O–H groups in total. The summed E-state index contributed by atoms with van der Waals surface area (Å²) in [7, 11) is 4.17. The van der Waals surface area contributed by atoms with Crippen LogP contribution in [0.3, 0.4) is 0 Å². The predicted molar refractivity (Wildman–Crippen MR) is 80.9 cm³/mol. The lowest BCUT2D eigenvalue weighted by Gasteiger charge is -2.29. The Labute approximate surface area is 126 Å². The van der Waals surface area contributed by atoms with Crippen molar-refractivity contribution >= 4 is 0 Å². The Morgan fingerprint density at radius 3 is 2.81 bits per heavy atom. The summed E-state index contributed by atoms with van der Waals surface area (Å²) in [5.74, 6) is 0.585. The molecular formula is C16H24N4O. The number of nitriles is 1. The summed E-state index contributed by atoms with van der Waals surface area (Å²) in [5.41, 5.74) is 3.22. The van der Waals surface area contributed by atoms with Gasteiger partial charge in [0.2, 0.25) is 0 Å². The number of rotatable bonds is 2. The van der Waals surface area contributed by atoms with E-state index in [1.165, 1.54) is 11.3 Å². The molecule has 0 unspecified atom stereocenters. The zero-order valence-electron chi connectivity index (χ0n) is 13.2. The van der Waals surface area contributed by atoms with Gasteiger partial charge in [0.15, 0.2) is 0 Å². The van der Waals surface area contributed by atoms with Gasteiger partial charge in [0.05, 0.1) is 13.2 Å². The molecule has 3 rings (SSSR count). The highest BCUT2D eigenvalue weighted by atomic mass is 16.5. The minimum absolute atomic E-state index is 0.483. The molecule has 0 radical (unpaired) electrons. The molecule has 1 aromatic rings. The summed E-state index contributed by atoms with van der Waals surface area (Å²) in [6.45, 7) is 7.99. The third kappa shape index (κ3) is 2.84. The summed E-state index contributed by atoms with van der Waals surface area (Å²) < 4.78 is 7.77. The largest absolute Gasteiger partial charge is 0.379 e. The van der Waals surface area contributed by atoms with Gasteiger partial charge in [0, 0.05) is 50.9 Å². The Kier molecular flexibility index (Phi) is 4.03. The van der Waals surface area contributed by atoms with Gasteiger partial charge in [0.25, 0.3) is 0 Å². The van der Waals surface area contributed by atoms with Crippen LogP contribution in [0.15, 0.2) is 6.07 Å². The van der Waals surface area contributed by atoms with Gasteiger partial charge in [-0.15, -0.1) is 0 Å². The van der Waals surface area contributed by atoms with E-state index in [-0.39, 0.29) is 0 Å². The molecule has 0 saturated carbocycles. The first-order chi connectivity index (χ1) is 10.1. The molecular weight excluding hydrogens is 264 g/mol. The van der Waals surface area contributed by atoms with Crippen LogP contribution in [0.1, 0.15) is 17.0 Å². The zero-order chi connectivity index (χ0) is 15.0. The molecule has 21 heavy (non-hydrogen) atoms. The lowest BCUT2D eigenvalue weighted by Crippen LogP contribution is -2.41. The molecule has 2 saturated heterocycles. The minimum Gasteiger partial charge on any atom is -0.379 e. The maximum atomic E-state index is 9.17. The Morgan fingerprint density at radius 1 is 1.29 bits per heavy atom. The molecule has 2 atom stereocenters. The summed E-state index contributed by atoms with van der Waals surface area (Å²) in [6, 6.07) is 4.79. The smallest absolute Gasteiger partial charge is 0.120 e. The lowest BCUT2D eigenvalue weighted by molar-refractivity contribution is 0.0515. The molecule has 0 amide bonds. The molecule has 5 nitrogen and oxygen atoms in total. The Hall–Kier alpha value is -1.35. The number of likely N-dealkylation sites (N-methyl/N-ethyl adjacent to an activating group) is 1. The summed E-state index contributed by atoms with van der Waals surface area (Å²) in [4.78, 5) is 4.97. The second-order valence-electron chi connectivity index (χ2n) is 6.50. The molecule has 2 bridgehead atoms. The quantitative estimate of drug-likeness (QED) is 0.813. The van der Waals surface area contributed by atoms with Crippen LogP contribution < -0.4 is 0 Å². The van der Waals surface area contributed by atoms with E-state index >= 15 is 0 Å². The van der Waals surface area contributed by atoms with E-state index in [9.17, 15) is 0 Å². The number of aromatic nitrogens is 1. The van der Waals surface area contributed by atoms with Crippen molar-refractivity contribution in [3.8, 4) is 6.07 Å². The third-order valence-corrected chi connectivity index (χ3v) is 4.97. The van der Waals surface area contributed by atoms with Crippen molar-refractivity contribution in [1.29, 1.82) is 5.26 Å². The highest BCUT2D eigenvalue weighted by Crippen LogP contribution is 2.22. The Morgan fingerprint density at radius 2 is 2.10 bits per heavy atom. The minimum atomic E-state index is 0.483. The second kappa shape index (κ2) is 5.80. The molecule has 2 aliphatic heterocycles. The van der Waals surface area contributed by atoms with E-state index < -0.39 is 0 Å². The van der Waals surface area contributed by atoms with Crippen LogP contribution in [-0.2, 0) is 18.3 Å². The van der Waals surface area contributed by atoms with E-state index in [4.69, 9.17) is 10.00 Å². The van der Waals surface area contributed by atoms with Crippen LogP contribution in [0.2, 0.25) is 0 Å². The van der Waals surface area contributed by atoms with Crippen LogP contribution in [0, 0.1) is 24.2 Å². The van der Waals surface area contributed by atoms with Crippen molar-refractivity contribution in [2.24, 2.45) is 13.0 Å². The summed E-state index contributed by atoms with van der Waals surface area (Å²) in [6.07, 6.45) is 0. The van der Waals surface area contributed by atoms with E-state index in [0.717, 1.165) is 45.1 Å². The number of ether oxygens (including phenoxy) is 1. The van der Waals surface area contributed by atoms with Crippen molar-refractivity contribution in [3.05, 3.63) is 23.0 Å². The van der Waals surface area contributed by atoms with E-state index in [2.05, 4.69) is 29.8 Å². The van der Waals surface area contributed by atoms with Crippen LogP contribution in [0.4, 0.5) is 0 Å². The number of fused-ring (bicyclic) bond motifs is 3. The predicted octanol–water partition coefficient (Wildman–Crippen LogP) is 0.968. The lowest BCUT2D eigenvalue weighted by atomic mass is 10.1. The topological polar surface area (TPSA) is 44.4 Å². The number of nitrogens with zero attached hydrogens (tertiary/aromatic N) is 4. The maximum Gasteiger partial charge on any atom is 0.120 e. The molecule has 0 aliphatic carbocycles. The van der Waals surface area contributed by atoms with Crippen molar-refractivity contribution in [1.82, 2.24) is 14.4 Å². The second-order valence-corrected chi connectivity index (χ2v) is 6.50. The van der Waals surface area contributed by atoms with E-state index in [1.54, 1.807) is 0 Å².